The lowest BCUT2D eigenvalue weighted by atomic mass is 10.0. The standard InChI is InChI=1S/C31H24F2N2O3S/c1-37-24-10-6-9-22(16-24)28(36)13-11-20-12-14-29(38-2)23(15-20)19-39-31-26(18-34)25(17-27(35-31)30(32)33)21-7-4-3-5-8-21/h3-17,30H,19H2,1-2H3/b13-11+. The molecule has 1 heterocycles. The van der Waals surface area contributed by atoms with Gasteiger partial charge in [-0.15, -0.1) is 11.8 Å². The number of pyridine rings is 1. The number of nitrogens with zero attached hydrogens (tertiary/aromatic N) is 2. The van der Waals surface area contributed by atoms with Crippen LogP contribution in [0.3, 0.4) is 0 Å². The van der Waals surface area contributed by atoms with Crippen LogP contribution in [0.5, 0.6) is 11.5 Å². The maximum atomic E-state index is 13.7. The van der Waals surface area contributed by atoms with Crippen molar-refractivity contribution < 1.29 is 23.0 Å². The molecule has 0 amide bonds. The molecule has 0 unspecified atom stereocenters. The Balaban J connectivity index is 1.62. The molecule has 0 saturated heterocycles. The summed E-state index contributed by atoms with van der Waals surface area (Å²) in [7, 11) is 3.08. The zero-order chi connectivity index (χ0) is 27.8. The van der Waals surface area contributed by atoms with Crippen LogP contribution in [0.2, 0.25) is 0 Å². The Kier molecular flexibility index (Phi) is 9.08. The summed E-state index contributed by atoms with van der Waals surface area (Å²) in [6, 6.07) is 24.7. The summed E-state index contributed by atoms with van der Waals surface area (Å²) in [6.07, 6.45) is 0.380. The van der Waals surface area contributed by atoms with Gasteiger partial charge in [-0.1, -0.05) is 54.6 Å². The van der Waals surface area contributed by atoms with Crippen molar-refractivity contribution in [2.75, 3.05) is 14.2 Å². The van der Waals surface area contributed by atoms with Crippen molar-refractivity contribution in [3.63, 3.8) is 0 Å². The SMILES string of the molecule is COc1cccc(C(=O)/C=C/c2ccc(OC)c(CSc3nc(C(F)F)cc(-c4ccccc4)c3C#N)c2)c1. The zero-order valence-corrected chi connectivity index (χ0v) is 22.0. The van der Waals surface area contributed by atoms with Crippen LogP contribution in [0.25, 0.3) is 17.2 Å². The van der Waals surface area contributed by atoms with Crippen LogP contribution in [0, 0.1) is 11.3 Å². The maximum Gasteiger partial charge on any atom is 0.280 e. The summed E-state index contributed by atoms with van der Waals surface area (Å²) in [5, 5.41) is 10.1. The van der Waals surface area contributed by atoms with Crippen molar-refractivity contribution in [2.45, 2.75) is 17.2 Å². The van der Waals surface area contributed by atoms with Crippen LogP contribution in [-0.4, -0.2) is 25.0 Å². The van der Waals surface area contributed by atoms with Gasteiger partial charge in [0.2, 0.25) is 0 Å². The number of ether oxygens (including phenoxy) is 2. The average Bonchev–Trinajstić information content (AvgIpc) is 2.98. The first-order chi connectivity index (χ1) is 18.9. The van der Waals surface area contributed by atoms with E-state index in [4.69, 9.17) is 9.47 Å². The number of methoxy groups -OCH3 is 2. The van der Waals surface area contributed by atoms with E-state index < -0.39 is 12.1 Å². The highest BCUT2D eigenvalue weighted by molar-refractivity contribution is 7.98. The van der Waals surface area contributed by atoms with Gasteiger partial charge in [0, 0.05) is 22.4 Å². The number of ketones is 1. The van der Waals surface area contributed by atoms with Crippen molar-refractivity contribution in [3.8, 4) is 28.7 Å². The van der Waals surface area contributed by atoms with Gasteiger partial charge >= 0.3 is 0 Å². The number of hydrogen-bond donors (Lipinski definition) is 0. The van der Waals surface area contributed by atoms with Crippen molar-refractivity contribution >= 4 is 23.6 Å². The van der Waals surface area contributed by atoms with E-state index in [2.05, 4.69) is 11.1 Å². The van der Waals surface area contributed by atoms with Gasteiger partial charge in [-0.2, -0.15) is 5.26 Å². The molecule has 5 nitrogen and oxygen atoms in total. The Morgan fingerprint density at radius 3 is 2.51 bits per heavy atom. The molecule has 0 aliphatic rings. The summed E-state index contributed by atoms with van der Waals surface area (Å²) in [5.74, 6) is 1.30. The summed E-state index contributed by atoms with van der Waals surface area (Å²) >= 11 is 1.18. The van der Waals surface area contributed by atoms with Gasteiger partial charge < -0.3 is 9.47 Å². The van der Waals surface area contributed by atoms with Crippen LogP contribution in [0.1, 0.15) is 39.2 Å². The predicted molar refractivity (Wildman–Crippen MR) is 148 cm³/mol. The number of rotatable bonds is 10. The van der Waals surface area contributed by atoms with E-state index in [9.17, 15) is 18.8 Å². The summed E-state index contributed by atoms with van der Waals surface area (Å²) in [4.78, 5) is 16.8. The number of thioether (sulfide) groups is 1. The average molecular weight is 543 g/mol. The highest BCUT2D eigenvalue weighted by Crippen LogP contribution is 2.36. The molecule has 3 aromatic carbocycles. The normalized spacial score (nSPS) is 11.0. The molecule has 0 aliphatic carbocycles. The second-order valence-electron chi connectivity index (χ2n) is 8.34. The second-order valence-corrected chi connectivity index (χ2v) is 9.31. The highest BCUT2D eigenvalue weighted by atomic mass is 32.2. The fourth-order valence-corrected chi connectivity index (χ4v) is 4.90. The quantitative estimate of drug-likeness (QED) is 0.116. The fourth-order valence-electron chi connectivity index (χ4n) is 3.92. The van der Waals surface area contributed by atoms with Crippen LogP contribution in [-0.2, 0) is 5.75 Å². The molecule has 196 valence electrons. The van der Waals surface area contributed by atoms with E-state index in [-0.39, 0.29) is 16.4 Å². The molecule has 0 saturated carbocycles. The molecule has 0 aliphatic heterocycles. The maximum absolute atomic E-state index is 13.7. The number of aromatic nitrogens is 1. The number of allylic oxidation sites excluding steroid dienone is 1. The van der Waals surface area contributed by atoms with E-state index >= 15 is 0 Å². The van der Waals surface area contributed by atoms with Crippen molar-refractivity contribution in [1.29, 1.82) is 5.26 Å². The number of benzene rings is 3. The molecular weight excluding hydrogens is 518 g/mol. The molecule has 39 heavy (non-hydrogen) atoms. The van der Waals surface area contributed by atoms with E-state index in [0.29, 0.717) is 33.9 Å². The smallest absolute Gasteiger partial charge is 0.280 e. The molecule has 4 aromatic rings. The van der Waals surface area contributed by atoms with E-state index in [0.717, 1.165) is 11.1 Å². The number of carbonyl (C=O) groups is 1. The number of carbonyl (C=O) groups excluding carboxylic acids is 1. The molecule has 0 N–H and O–H groups in total. The number of alkyl halides is 2. The van der Waals surface area contributed by atoms with Gasteiger partial charge in [0.05, 0.1) is 19.8 Å². The van der Waals surface area contributed by atoms with Crippen molar-refractivity contribution in [3.05, 3.63) is 113 Å². The van der Waals surface area contributed by atoms with Crippen LogP contribution < -0.4 is 9.47 Å². The summed E-state index contributed by atoms with van der Waals surface area (Å²) < 4.78 is 38.1. The summed E-state index contributed by atoms with van der Waals surface area (Å²) in [5.41, 5.74) is 2.91. The molecule has 0 bridgehead atoms. The Hall–Kier alpha value is -4.48. The van der Waals surface area contributed by atoms with Gasteiger partial charge in [-0.25, -0.2) is 13.8 Å². The molecule has 4 rings (SSSR count). The van der Waals surface area contributed by atoms with Crippen molar-refractivity contribution in [2.24, 2.45) is 0 Å². The topological polar surface area (TPSA) is 72.2 Å². The second kappa shape index (κ2) is 12.9. The largest absolute Gasteiger partial charge is 0.497 e. The number of nitriles is 1. The molecule has 0 fully saturated rings. The molecule has 0 atom stereocenters. The van der Waals surface area contributed by atoms with Gasteiger partial charge in [0.25, 0.3) is 6.43 Å². The summed E-state index contributed by atoms with van der Waals surface area (Å²) in [6.45, 7) is 0. The molecule has 8 heteroatoms. The minimum atomic E-state index is -2.79. The lowest BCUT2D eigenvalue weighted by Gasteiger charge is -2.13. The first-order valence-corrected chi connectivity index (χ1v) is 12.9. The van der Waals surface area contributed by atoms with Crippen LogP contribution in [0.4, 0.5) is 8.78 Å². The van der Waals surface area contributed by atoms with Gasteiger partial charge in [0.1, 0.15) is 28.3 Å². The predicted octanol–water partition coefficient (Wildman–Crippen LogP) is 7.76. The third-order valence-corrected chi connectivity index (χ3v) is 6.90. The number of hydrogen-bond acceptors (Lipinski definition) is 6. The highest BCUT2D eigenvalue weighted by Gasteiger charge is 2.19. The third kappa shape index (κ3) is 6.70. The Labute approximate surface area is 229 Å². The molecule has 0 spiro atoms. The Morgan fingerprint density at radius 1 is 1.03 bits per heavy atom. The monoisotopic (exact) mass is 542 g/mol. The van der Waals surface area contributed by atoms with Gasteiger partial charge in [-0.3, -0.25) is 4.79 Å². The Morgan fingerprint density at radius 2 is 1.82 bits per heavy atom. The van der Waals surface area contributed by atoms with Crippen molar-refractivity contribution in [1.82, 2.24) is 4.98 Å². The number of halogens is 2. The van der Waals surface area contributed by atoms with E-state index in [1.54, 1.807) is 60.7 Å². The zero-order valence-electron chi connectivity index (χ0n) is 21.2. The van der Waals surface area contributed by atoms with Crippen LogP contribution >= 0.6 is 11.8 Å². The van der Waals surface area contributed by atoms with E-state index in [1.165, 1.54) is 38.1 Å². The molecular formula is C31H24F2N2O3S. The fraction of sp³-hybridized carbons (Fsp3) is 0.129. The van der Waals surface area contributed by atoms with Gasteiger partial charge in [0.15, 0.2) is 5.78 Å². The van der Waals surface area contributed by atoms with Gasteiger partial charge in [-0.05, 0) is 47.5 Å². The first kappa shape index (κ1) is 27.6. The lowest BCUT2D eigenvalue weighted by molar-refractivity contribution is 0.104. The first-order valence-electron chi connectivity index (χ1n) is 11.9. The van der Waals surface area contributed by atoms with Crippen LogP contribution in [0.15, 0.2) is 90.0 Å². The van der Waals surface area contributed by atoms with E-state index in [1.807, 2.05) is 18.2 Å². The Bertz CT molecular complexity index is 1550. The molecule has 1 aromatic heterocycles. The minimum absolute atomic E-state index is 0.180. The lowest BCUT2D eigenvalue weighted by Crippen LogP contribution is -2.00. The molecule has 0 radical (unpaired) electrons. The minimum Gasteiger partial charge on any atom is -0.497 e. The third-order valence-electron chi connectivity index (χ3n) is 5.88.